The maximum absolute atomic E-state index is 13.0. The van der Waals surface area contributed by atoms with Gasteiger partial charge in [-0.25, -0.2) is 4.39 Å². The highest BCUT2D eigenvalue weighted by molar-refractivity contribution is 5.20. The number of nitrogens with one attached hydrogen (secondary N) is 1. The van der Waals surface area contributed by atoms with E-state index in [0.29, 0.717) is 12.1 Å². The number of halogens is 1. The first-order valence-corrected chi connectivity index (χ1v) is 7.72. The molecule has 2 atom stereocenters. The SMILES string of the molecule is CCC(NC(C)C1CCCCC1)c1ccc(F)cc1. The third-order valence-corrected chi connectivity index (χ3v) is 4.50. The van der Waals surface area contributed by atoms with Crippen LogP contribution in [0.2, 0.25) is 0 Å². The van der Waals surface area contributed by atoms with E-state index in [1.54, 1.807) is 12.1 Å². The summed E-state index contributed by atoms with van der Waals surface area (Å²) >= 11 is 0. The molecule has 0 heterocycles. The van der Waals surface area contributed by atoms with Crippen LogP contribution < -0.4 is 5.32 Å². The summed E-state index contributed by atoms with van der Waals surface area (Å²) in [6, 6.07) is 7.83. The third-order valence-electron chi connectivity index (χ3n) is 4.50. The fourth-order valence-corrected chi connectivity index (χ4v) is 3.23. The van der Waals surface area contributed by atoms with Gasteiger partial charge in [-0.05, 0) is 49.8 Å². The van der Waals surface area contributed by atoms with Gasteiger partial charge in [0.25, 0.3) is 0 Å². The molecule has 2 heteroatoms. The van der Waals surface area contributed by atoms with Gasteiger partial charge < -0.3 is 5.32 Å². The van der Waals surface area contributed by atoms with Crippen LogP contribution in [0.5, 0.6) is 0 Å². The van der Waals surface area contributed by atoms with Gasteiger partial charge in [0, 0.05) is 12.1 Å². The highest BCUT2D eigenvalue weighted by atomic mass is 19.1. The van der Waals surface area contributed by atoms with Crippen LogP contribution in [0.1, 0.15) is 64.0 Å². The van der Waals surface area contributed by atoms with Gasteiger partial charge >= 0.3 is 0 Å². The smallest absolute Gasteiger partial charge is 0.123 e. The first kappa shape index (κ1) is 14.5. The fraction of sp³-hybridized carbons (Fsp3) is 0.647. The Kier molecular flexibility index (Phi) is 5.38. The number of hydrogen-bond acceptors (Lipinski definition) is 1. The van der Waals surface area contributed by atoms with Crippen molar-refractivity contribution in [3.05, 3.63) is 35.6 Å². The molecule has 1 aliphatic carbocycles. The van der Waals surface area contributed by atoms with Crippen LogP contribution in [0.15, 0.2) is 24.3 Å². The second-order valence-corrected chi connectivity index (χ2v) is 5.87. The van der Waals surface area contributed by atoms with E-state index in [0.717, 1.165) is 12.3 Å². The molecule has 1 aromatic carbocycles. The molecule has 1 aliphatic rings. The minimum atomic E-state index is -0.154. The van der Waals surface area contributed by atoms with Crippen molar-refractivity contribution in [3.8, 4) is 0 Å². The van der Waals surface area contributed by atoms with E-state index in [-0.39, 0.29) is 5.82 Å². The van der Waals surface area contributed by atoms with Gasteiger partial charge in [-0.2, -0.15) is 0 Å². The molecule has 1 saturated carbocycles. The van der Waals surface area contributed by atoms with Crippen LogP contribution in [0.3, 0.4) is 0 Å². The topological polar surface area (TPSA) is 12.0 Å². The monoisotopic (exact) mass is 263 g/mol. The van der Waals surface area contributed by atoms with Crippen molar-refractivity contribution in [1.82, 2.24) is 5.32 Å². The van der Waals surface area contributed by atoms with Gasteiger partial charge in [0.05, 0.1) is 0 Å². The van der Waals surface area contributed by atoms with E-state index in [2.05, 4.69) is 19.2 Å². The summed E-state index contributed by atoms with van der Waals surface area (Å²) in [4.78, 5) is 0. The quantitative estimate of drug-likeness (QED) is 0.802. The lowest BCUT2D eigenvalue weighted by atomic mass is 9.84. The molecule has 0 saturated heterocycles. The average Bonchev–Trinajstić information content (AvgIpc) is 2.46. The van der Waals surface area contributed by atoms with Gasteiger partial charge in [-0.3, -0.25) is 0 Å². The zero-order valence-corrected chi connectivity index (χ0v) is 12.2. The maximum Gasteiger partial charge on any atom is 0.123 e. The molecule has 1 fully saturated rings. The minimum Gasteiger partial charge on any atom is -0.307 e. The number of benzene rings is 1. The summed E-state index contributed by atoms with van der Waals surface area (Å²) in [5, 5.41) is 3.75. The molecule has 2 unspecified atom stereocenters. The van der Waals surface area contributed by atoms with Gasteiger partial charge in [-0.1, -0.05) is 38.3 Å². The van der Waals surface area contributed by atoms with Crippen molar-refractivity contribution in [1.29, 1.82) is 0 Å². The van der Waals surface area contributed by atoms with Crippen molar-refractivity contribution >= 4 is 0 Å². The maximum atomic E-state index is 13.0. The van der Waals surface area contributed by atoms with E-state index in [4.69, 9.17) is 0 Å². The lowest BCUT2D eigenvalue weighted by Gasteiger charge is -2.31. The van der Waals surface area contributed by atoms with Crippen LogP contribution in [0.25, 0.3) is 0 Å². The van der Waals surface area contributed by atoms with Gasteiger partial charge in [0.15, 0.2) is 0 Å². The molecule has 0 aromatic heterocycles. The number of hydrogen-bond donors (Lipinski definition) is 1. The third kappa shape index (κ3) is 4.04. The van der Waals surface area contributed by atoms with Crippen molar-refractivity contribution in [2.45, 2.75) is 64.5 Å². The van der Waals surface area contributed by atoms with Crippen LogP contribution in [-0.4, -0.2) is 6.04 Å². The standard InChI is InChI=1S/C17H26FN/c1-3-17(15-9-11-16(18)12-10-15)19-13(2)14-7-5-4-6-8-14/h9-14,17,19H,3-8H2,1-2H3. The second-order valence-electron chi connectivity index (χ2n) is 5.87. The molecule has 0 radical (unpaired) electrons. The normalized spacial score (nSPS) is 20.2. The van der Waals surface area contributed by atoms with E-state index in [1.807, 2.05) is 12.1 Å². The summed E-state index contributed by atoms with van der Waals surface area (Å²) in [6.07, 6.45) is 7.91. The summed E-state index contributed by atoms with van der Waals surface area (Å²) in [6.45, 7) is 4.50. The zero-order valence-electron chi connectivity index (χ0n) is 12.2. The molecule has 106 valence electrons. The van der Waals surface area contributed by atoms with Gasteiger partial charge in [0.1, 0.15) is 5.82 Å². The molecule has 2 rings (SSSR count). The first-order valence-electron chi connectivity index (χ1n) is 7.72. The van der Waals surface area contributed by atoms with E-state index >= 15 is 0 Å². The Hall–Kier alpha value is -0.890. The first-order chi connectivity index (χ1) is 9.20. The molecule has 1 N–H and O–H groups in total. The summed E-state index contributed by atoms with van der Waals surface area (Å²) in [5.41, 5.74) is 1.20. The summed E-state index contributed by atoms with van der Waals surface area (Å²) in [5.74, 6) is 0.655. The largest absolute Gasteiger partial charge is 0.307 e. The summed E-state index contributed by atoms with van der Waals surface area (Å²) in [7, 11) is 0. The Labute approximate surface area is 116 Å². The van der Waals surface area contributed by atoms with E-state index < -0.39 is 0 Å². The zero-order chi connectivity index (χ0) is 13.7. The predicted molar refractivity (Wildman–Crippen MR) is 78.6 cm³/mol. The van der Waals surface area contributed by atoms with E-state index in [9.17, 15) is 4.39 Å². The molecule has 1 aromatic rings. The fourth-order valence-electron chi connectivity index (χ4n) is 3.23. The molecule has 0 aliphatic heterocycles. The molecular formula is C17H26FN. The molecule has 1 nitrogen and oxygen atoms in total. The molecule has 0 spiro atoms. The average molecular weight is 263 g/mol. The van der Waals surface area contributed by atoms with Crippen LogP contribution in [0, 0.1) is 11.7 Å². The summed E-state index contributed by atoms with van der Waals surface area (Å²) < 4.78 is 13.0. The molecule has 0 amide bonds. The van der Waals surface area contributed by atoms with E-state index in [1.165, 1.54) is 37.7 Å². The highest BCUT2D eigenvalue weighted by Crippen LogP contribution is 2.28. The molecule has 19 heavy (non-hydrogen) atoms. The Bertz CT molecular complexity index is 367. The molecular weight excluding hydrogens is 237 g/mol. The minimum absolute atomic E-state index is 0.154. The number of rotatable bonds is 5. The van der Waals surface area contributed by atoms with Gasteiger partial charge in [-0.15, -0.1) is 0 Å². The van der Waals surface area contributed by atoms with Crippen LogP contribution >= 0.6 is 0 Å². The lowest BCUT2D eigenvalue weighted by Crippen LogP contribution is -2.37. The highest BCUT2D eigenvalue weighted by Gasteiger charge is 2.22. The molecule has 0 bridgehead atoms. The Morgan fingerprint density at radius 2 is 1.79 bits per heavy atom. The second kappa shape index (κ2) is 7.04. The lowest BCUT2D eigenvalue weighted by molar-refractivity contribution is 0.262. The Morgan fingerprint density at radius 3 is 2.37 bits per heavy atom. The van der Waals surface area contributed by atoms with Crippen molar-refractivity contribution in [3.63, 3.8) is 0 Å². The predicted octanol–water partition coefficient (Wildman–Crippen LogP) is 4.84. The van der Waals surface area contributed by atoms with Crippen molar-refractivity contribution < 1.29 is 4.39 Å². The van der Waals surface area contributed by atoms with Crippen molar-refractivity contribution in [2.75, 3.05) is 0 Å². The van der Waals surface area contributed by atoms with Gasteiger partial charge in [0.2, 0.25) is 0 Å². The van der Waals surface area contributed by atoms with Crippen LogP contribution in [0.4, 0.5) is 4.39 Å². The van der Waals surface area contributed by atoms with Crippen molar-refractivity contribution in [2.24, 2.45) is 5.92 Å². The van der Waals surface area contributed by atoms with Crippen LogP contribution in [-0.2, 0) is 0 Å². The Balaban J connectivity index is 1.96. The Morgan fingerprint density at radius 1 is 1.16 bits per heavy atom.